The number of anilines is 1. The molecule has 0 heterocycles. The monoisotopic (exact) mass is 327 g/mol. The number of urea groups is 1. The minimum atomic E-state index is -0.495. The molecule has 0 aromatic heterocycles. The van der Waals surface area contributed by atoms with Gasteiger partial charge < -0.3 is 21.1 Å². The molecule has 6 nitrogen and oxygen atoms in total. The molecule has 4 N–H and O–H groups in total. The number of nitrogens with one attached hydrogen (secondary N) is 2. The topological polar surface area (TPSA) is 93.4 Å². The summed E-state index contributed by atoms with van der Waals surface area (Å²) in [6.45, 7) is 4.20. The first kappa shape index (κ1) is 17.3. The normalized spacial score (nSPS) is 10.3. The molecule has 2 aromatic carbocycles. The largest absolute Gasteiger partial charge is 0.491 e. The van der Waals surface area contributed by atoms with Crippen molar-refractivity contribution in [3.8, 4) is 5.75 Å². The maximum atomic E-state index is 11.9. The summed E-state index contributed by atoms with van der Waals surface area (Å²) in [6.07, 6.45) is 0.100. The van der Waals surface area contributed by atoms with Gasteiger partial charge in [-0.25, -0.2) is 4.79 Å². The van der Waals surface area contributed by atoms with Crippen LogP contribution in [0.3, 0.4) is 0 Å². The molecule has 0 atom stereocenters. The summed E-state index contributed by atoms with van der Waals surface area (Å²) in [6, 6.07) is 13.6. The van der Waals surface area contributed by atoms with Gasteiger partial charge in [0.15, 0.2) is 0 Å². The summed E-state index contributed by atoms with van der Waals surface area (Å²) >= 11 is 0. The van der Waals surface area contributed by atoms with Gasteiger partial charge in [-0.15, -0.1) is 0 Å². The predicted octanol–water partition coefficient (Wildman–Crippen LogP) is 2.89. The Hall–Kier alpha value is -3.02. The molecule has 2 rings (SSSR count). The molecule has 3 amide bonds. The number of ether oxygens (including phenoxy) is 1. The van der Waals surface area contributed by atoms with E-state index in [1.54, 1.807) is 42.5 Å². The fourth-order valence-electron chi connectivity index (χ4n) is 2.08. The number of rotatable bonds is 6. The molecule has 6 heteroatoms. The molecule has 24 heavy (non-hydrogen) atoms. The number of primary amides is 1. The number of nitrogens with two attached hydrogens (primary N) is 1. The van der Waals surface area contributed by atoms with Crippen LogP contribution in [0.4, 0.5) is 10.5 Å². The van der Waals surface area contributed by atoms with E-state index in [9.17, 15) is 9.59 Å². The number of amides is 3. The molecular formula is C18H21N3O3. The van der Waals surface area contributed by atoms with Crippen LogP contribution in [0.1, 0.15) is 29.8 Å². The van der Waals surface area contributed by atoms with E-state index in [0.717, 1.165) is 11.3 Å². The molecule has 0 aliphatic carbocycles. The third kappa shape index (κ3) is 5.31. The summed E-state index contributed by atoms with van der Waals surface area (Å²) < 4.78 is 5.54. The highest BCUT2D eigenvalue weighted by atomic mass is 16.5. The predicted molar refractivity (Wildman–Crippen MR) is 93.0 cm³/mol. The summed E-state index contributed by atoms with van der Waals surface area (Å²) in [7, 11) is 0. The Morgan fingerprint density at radius 1 is 1.12 bits per heavy atom. The average Bonchev–Trinajstić information content (AvgIpc) is 2.54. The summed E-state index contributed by atoms with van der Waals surface area (Å²) in [4.78, 5) is 23.1. The van der Waals surface area contributed by atoms with E-state index in [1.165, 1.54) is 0 Å². The molecule has 2 aromatic rings. The maximum Gasteiger partial charge on any atom is 0.319 e. The van der Waals surface area contributed by atoms with Crippen molar-refractivity contribution in [3.63, 3.8) is 0 Å². The molecule has 0 bridgehead atoms. The van der Waals surface area contributed by atoms with Crippen LogP contribution in [0.2, 0.25) is 0 Å². The first-order valence-corrected chi connectivity index (χ1v) is 7.64. The number of hydrogen-bond donors (Lipinski definition) is 3. The average molecular weight is 327 g/mol. The minimum Gasteiger partial charge on any atom is -0.491 e. The fourth-order valence-corrected chi connectivity index (χ4v) is 2.08. The van der Waals surface area contributed by atoms with Gasteiger partial charge in [0.1, 0.15) is 5.75 Å². The maximum absolute atomic E-state index is 11.9. The van der Waals surface area contributed by atoms with Crippen molar-refractivity contribution >= 4 is 17.6 Å². The van der Waals surface area contributed by atoms with Gasteiger partial charge in [-0.2, -0.15) is 0 Å². The lowest BCUT2D eigenvalue weighted by atomic mass is 10.1. The van der Waals surface area contributed by atoms with Crippen LogP contribution < -0.4 is 21.1 Å². The Bertz CT molecular complexity index is 712. The zero-order valence-electron chi connectivity index (χ0n) is 13.7. The summed E-state index contributed by atoms with van der Waals surface area (Å²) in [5.74, 6) is 0.254. The fraction of sp³-hybridized carbons (Fsp3) is 0.222. The van der Waals surface area contributed by atoms with Gasteiger partial charge >= 0.3 is 6.03 Å². The Labute approximate surface area is 141 Å². The second kappa shape index (κ2) is 8.01. The van der Waals surface area contributed by atoms with E-state index in [4.69, 9.17) is 10.5 Å². The lowest BCUT2D eigenvalue weighted by molar-refractivity contribution is 0.1000. The van der Waals surface area contributed by atoms with Crippen LogP contribution in [0, 0.1) is 0 Å². The van der Waals surface area contributed by atoms with Crippen molar-refractivity contribution in [2.24, 2.45) is 5.73 Å². The van der Waals surface area contributed by atoms with Crippen LogP contribution in [-0.4, -0.2) is 18.0 Å². The van der Waals surface area contributed by atoms with Crippen LogP contribution >= 0.6 is 0 Å². The highest BCUT2D eigenvalue weighted by Gasteiger charge is 2.05. The molecular weight excluding hydrogens is 306 g/mol. The van der Waals surface area contributed by atoms with E-state index in [2.05, 4.69) is 10.6 Å². The van der Waals surface area contributed by atoms with Crippen molar-refractivity contribution < 1.29 is 14.3 Å². The number of hydrogen-bond acceptors (Lipinski definition) is 3. The van der Waals surface area contributed by atoms with Crippen LogP contribution in [0.5, 0.6) is 5.75 Å². The van der Waals surface area contributed by atoms with Crippen molar-refractivity contribution in [3.05, 3.63) is 59.7 Å². The van der Waals surface area contributed by atoms with Crippen molar-refractivity contribution in [2.75, 3.05) is 5.32 Å². The highest BCUT2D eigenvalue weighted by molar-refractivity contribution is 5.93. The Morgan fingerprint density at radius 2 is 1.83 bits per heavy atom. The number of carbonyl (C=O) groups is 2. The highest BCUT2D eigenvalue weighted by Crippen LogP contribution is 2.16. The zero-order chi connectivity index (χ0) is 17.5. The Kier molecular flexibility index (Phi) is 5.78. The van der Waals surface area contributed by atoms with Gasteiger partial charge in [-0.1, -0.05) is 12.1 Å². The van der Waals surface area contributed by atoms with Crippen molar-refractivity contribution in [1.82, 2.24) is 5.32 Å². The first-order chi connectivity index (χ1) is 11.4. The molecule has 0 saturated heterocycles. The van der Waals surface area contributed by atoms with E-state index >= 15 is 0 Å². The number of benzene rings is 2. The third-order valence-electron chi connectivity index (χ3n) is 3.15. The van der Waals surface area contributed by atoms with Gasteiger partial charge in [0.05, 0.1) is 6.10 Å². The van der Waals surface area contributed by atoms with Gasteiger partial charge in [0, 0.05) is 17.8 Å². The van der Waals surface area contributed by atoms with Gasteiger partial charge in [-0.05, 0) is 55.8 Å². The molecule has 0 radical (unpaired) electrons. The third-order valence-corrected chi connectivity index (χ3v) is 3.15. The lowest BCUT2D eigenvalue weighted by Crippen LogP contribution is -2.28. The molecule has 0 fully saturated rings. The molecule has 0 aliphatic heterocycles. The van der Waals surface area contributed by atoms with E-state index in [0.29, 0.717) is 17.8 Å². The second-order valence-corrected chi connectivity index (χ2v) is 5.56. The summed E-state index contributed by atoms with van der Waals surface area (Å²) in [5.41, 5.74) is 7.10. The summed E-state index contributed by atoms with van der Waals surface area (Å²) in [5, 5.41) is 5.46. The molecule has 0 saturated carbocycles. The van der Waals surface area contributed by atoms with Crippen molar-refractivity contribution in [1.29, 1.82) is 0 Å². The first-order valence-electron chi connectivity index (χ1n) is 7.64. The Balaban J connectivity index is 1.87. The van der Waals surface area contributed by atoms with Gasteiger partial charge in [0.25, 0.3) is 0 Å². The standard InChI is InChI=1S/C18H21N3O3/c1-12(2)24-16-8-6-15(7-9-16)21-18(23)20-11-13-4-3-5-14(10-13)17(19)22/h3-10,12H,11H2,1-2H3,(H2,19,22)(H2,20,21,23). The molecule has 0 spiro atoms. The smallest absolute Gasteiger partial charge is 0.319 e. The molecule has 126 valence electrons. The van der Waals surface area contributed by atoms with Crippen LogP contribution in [-0.2, 0) is 6.54 Å². The quantitative estimate of drug-likeness (QED) is 0.761. The van der Waals surface area contributed by atoms with Gasteiger partial charge in [-0.3, -0.25) is 4.79 Å². The zero-order valence-corrected chi connectivity index (χ0v) is 13.7. The van der Waals surface area contributed by atoms with Crippen LogP contribution in [0.15, 0.2) is 48.5 Å². The van der Waals surface area contributed by atoms with E-state index in [1.807, 2.05) is 19.9 Å². The SMILES string of the molecule is CC(C)Oc1ccc(NC(=O)NCc2cccc(C(N)=O)c2)cc1. The van der Waals surface area contributed by atoms with E-state index in [-0.39, 0.29) is 12.1 Å². The minimum absolute atomic E-state index is 0.100. The second-order valence-electron chi connectivity index (χ2n) is 5.56. The van der Waals surface area contributed by atoms with E-state index < -0.39 is 5.91 Å². The molecule has 0 unspecified atom stereocenters. The Morgan fingerprint density at radius 3 is 2.46 bits per heavy atom. The van der Waals surface area contributed by atoms with Crippen LogP contribution in [0.25, 0.3) is 0 Å². The van der Waals surface area contributed by atoms with Crippen molar-refractivity contribution in [2.45, 2.75) is 26.5 Å². The van der Waals surface area contributed by atoms with Gasteiger partial charge in [0.2, 0.25) is 5.91 Å². The number of carbonyl (C=O) groups excluding carboxylic acids is 2. The lowest BCUT2D eigenvalue weighted by Gasteiger charge is -2.11. The molecule has 0 aliphatic rings.